The van der Waals surface area contributed by atoms with Crippen molar-refractivity contribution >= 4 is 5.91 Å². The van der Waals surface area contributed by atoms with E-state index in [-0.39, 0.29) is 0 Å². The molecule has 3 nitrogen and oxygen atoms in total. The minimum Gasteiger partial charge on any atom is -0.340 e. The monoisotopic (exact) mass is 196 g/mol. The van der Waals surface area contributed by atoms with Crippen molar-refractivity contribution in [2.24, 2.45) is 0 Å². The van der Waals surface area contributed by atoms with E-state index in [4.69, 9.17) is 0 Å². The van der Waals surface area contributed by atoms with Crippen LogP contribution in [0.4, 0.5) is 0 Å². The number of hydrogen-bond donors (Lipinski definition) is 0. The second-order valence-corrected chi connectivity index (χ2v) is 4.70. The van der Waals surface area contributed by atoms with Crippen LogP contribution in [-0.2, 0) is 4.79 Å². The molecule has 0 aliphatic carbocycles. The van der Waals surface area contributed by atoms with Gasteiger partial charge in [-0.2, -0.15) is 0 Å². The van der Waals surface area contributed by atoms with E-state index in [0.29, 0.717) is 18.0 Å². The van der Waals surface area contributed by atoms with Crippen LogP contribution >= 0.6 is 0 Å². The molecule has 2 saturated heterocycles. The van der Waals surface area contributed by atoms with E-state index in [0.717, 1.165) is 38.8 Å². The molecule has 0 saturated carbocycles. The van der Waals surface area contributed by atoms with Crippen molar-refractivity contribution in [3.05, 3.63) is 0 Å². The van der Waals surface area contributed by atoms with Gasteiger partial charge in [-0.25, -0.2) is 0 Å². The summed E-state index contributed by atoms with van der Waals surface area (Å²) in [5.41, 5.74) is 0. The number of hydrogen-bond acceptors (Lipinski definition) is 2. The first-order valence-electron chi connectivity index (χ1n) is 5.68. The number of amides is 1. The Balaban J connectivity index is 1.95. The van der Waals surface area contributed by atoms with E-state index in [9.17, 15) is 4.79 Å². The Morgan fingerprint density at radius 2 is 2.14 bits per heavy atom. The summed E-state index contributed by atoms with van der Waals surface area (Å²) < 4.78 is 0. The third-order valence-electron chi connectivity index (χ3n) is 3.73. The Morgan fingerprint density at radius 3 is 2.71 bits per heavy atom. The van der Waals surface area contributed by atoms with E-state index in [1.54, 1.807) is 0 Å². The highest BCUT2D eigenvalue weighted by molar-refractivity contribution is 5.78. The minimum absolute atomic E-state index is 0.381. The molecule has 2 fully saturated rings. The summed E-state index contributed by atoms with van der Waals surface area (Å²) in [6.07, 6.45) is 4.16. The molecular weight excluding hydrogens is 176 g/mol. The van der Waals surface area contributed by atoms with Gasteiger partial charge in [0.05, 0.1) is 0 Å². The summed E-state index contributed by atoms with van der Waals surface area (Å²) in [6, 6.07) is 1.15. The van der Waals surface area contributed by atoms with Gasteiger partial charge in [0.2, 0.25) is 5.91 Å². The zero-order chi connectivity index (χ0) is 10.1. The maximum Gasteiger partial charge on any atom is 0.222 e. The lowest BCUT2D eigenvalue weighted by atomic mass is 9.98. The molecule has 3 heteroatoms. The van der Waals surface area contributed by atoms with Gasteiger partial charge in [-0.15, -0.1) is 0 Å². The van der Waals surface area contributed by atoms with Crippen LogP contribution in [0.5, 0.6) is 0 Å². The molecule has 0 N–H and O–H groups in total. The average Bonchev–Trinajstić information content (AvgIpc) is 2.57. The van der Waals surface area contributed by atoms with Gasteiger partial charge in [0, 0.05) is 31.6 Å². The molecule has 1 amide bonds. The second kappa shape index (κ2) is 3.89. The van der Waals surface area contributed by atoms with Crippen molar-refractivity contribution < 1.29 is 4.79 Å². The zero-order valence-corrected chi connectivity index (χ0v) is 9.20. The maximum atomic E-state index is 11.6. The zero-order valence-electron chi connectivity index (χ0n) is 9.20. The third-order valence-corrected chi connectivity index (χ3v) is 3.73. The average molecular weight is 196 g/mol. The standard InChI is InChI=1S/C11H20N2O/c1-9-8-10(5-7-12(9)2)13-6-3-4-11(13)14/h9-10H,3-8H2,1-2H3. The molecule has 2 aliphatic rings. The fraction of sp³-hybridized carbons (Fsp3) is 0.909. The van der Waals surface area contributed by atoms with Gasteiger partial charge < -0.3 is 9.80 Å². The van der Waals surface area contributed by atoms with Crippen LogP contribution in [0.3, 0.4) is 0 Å². The quantitative estimate of drug-likeness (QED) is 0.627. The molecule has 80 valence electrons. The molecule has 0 bridgehead atoms. The maximum absolute atomic E-state index is 11.6. The van der Waals surface area contributed by atoms with Gasteiger partial charge in [0.1, 0.15) is 0 Å². The molecule has 2 heterocycles. The van der Waals surface area contributed by atoms with Crippen LogP contribution in [0.15, 0.2) is 0 Å². The predicted molar refractivity (Wildman–Crippen MR) is 56.1 cm³/mol. The minimum atomic E-state index is 0.381. The van der Waals surface area contributed by atoms with Crippen LogP contribution in [0.1, 0.15) is 32.6 Å². The Morgan fingerprint density at radius 1 is 1.36 bits per heavy atom. The molecule has 2 aliphatic heterocycles. The molecular formula is C11H20N2O. The summed E-state index contributed by atoms with van der Waals surface area (Å²) in [7, 11) is 2.17. The van der Waals surface area contributed by atoms with Crippen molar-refractivity contribution in [2.45, 2.75) is 44.7 Å². The van der Waals surface area contributed by atoms with Crippen LogP contribution in [0.25, 0.3) is 0 Å². The first-order valence-corrected chi connectivity index (χ1v) is 5.68. The van der Waals surface area contributed by atoms with E-state index in [2.05, 4.69) is 23.8 Å². The lowest BCUT2D eigenvalue weighted by Crippen LogP contribution is -2.47. The van der Waals surface area contributed by atoms with Gasteiger partial charge in [-0.05, 0) is 33.2 Å². The van der Waals surface area contributed by atoms with Crippen molar-refractivity contribution in [2.75, 3.05) is 20.1 Å². The topological polar surface area (TPSA) is 23.6 Å². The summed E-state index contributed by atoms with van der Waals surface area (Å²) >= 11 is 0. The van der Waals surface area contributed by atoms with Gasteiger partial charge >= 0.3 is 0 Å². The van der Waals surface area contributed by atoms with Gasteiger partial charge in [0.25, 0.3) is 0 Å². The first-order chi connectivity index (χ1) is 6.68. The smallest absolute Gasteiger partial charge is 0.222 e. The van der Waals surface area contributed by atoms with Crippen LogP contribution in [0, 0.1) is 0 Å². The number of carbonyl (C=O) groups is 1. The highest BCUT2D eigenvalue weighted by atomic mass is 16.2. The summed E-state index contributed by atoms with van der Waals surface area (Å²) in [5.74, 6) is 0.381. The molecule has 2 rings (SSSR count). The number of likely N-dealkylation sites (tertiary alicyclic amines) is 2. The molecule has 0 radical (unpaired) electrons. The SMILES string of the molecule is CC1CC(N2CCCC2=O)CCN1C. The van der Waals surface area contributed by atoms with Crippen LogP contribution < -0.4 is 0 Å². The molecule has 0 spiro atoms. The van der Waals surface area contributed by atoms with Crippen molar-refractivity contribution in [3.63, 3.8) is 0 Å². The molecule has 0 aromatic heterocycles. The van der Waals surface area contributed by atoms with E-state index < -0.39 is 0 Å². The van der Waals surface area contributed by atoms with E-state index >= 15 is 0 Å². The van der Waals surface area contributed by atoms with E-state index in [1.165, 1.54) is 0 Å². The Bertz CT molecular complexity index is 229. The van der Waals surface area contributed by atoms with Crippen LogP contribution in [0.2, 0.25) is 0 Å². The molecule has 0 aromatic rings. The lowest BCUT2D eigenvalue weighted by molar-refractivity contribution is -0.130. The fourth-order valence-corrected chi connectivity index (χ4v) is 2.60. The van der Waals surface area contributed by atoms with Crippen molar-refractivity contribution in [1.29, 1.82) is 0 Å². The third kappa shape index (κ3) is 1.78. The highest BCUT2D eigenvalue weighted by Crippen LogP contribution is 2.24. The fourth-order valence-electron chi connectivity index (χ4n) is 2.60. The number of nitrogens with zero attached hydrogens (tertiary/aromatic N) is 2. The predicted octanol–water partition coefficient (Wildman–Crippen LogP) is 1.09. The number of rotatable bonds is 1. The Kier molecular flexibility index (Phi) is 2.77. The van der Waals surface area contributed by atoms with Gasteiger partial charge in [-0.1, -0.05) is 0 Å². The Labute approximate surface area is 86.1 Å². The largest absolute Gasteiger partial charge is 0.340 e. The van der Waals surface area contributed by atoms with Gasteiger partial charge in [-0.3, -0.25) is 4.79 Å². The van der Waals surface area contributed by atoms with E-state index in [1.807, 2.05) is 0 Å². The molecule has 2 atom stereocenters. The molecule has 14 heavy (non-hydrogen) atoms. The highest BCUT2D eigenvalue weighted by Gasteiger charge is 2.32. The second-order valence-electron chi connectivity index (χ2n) is 4.70. The lowest BCUT2D eigenvalue weighted by Gasteiger charge is -2.39. The van der Waals surface area contributed by atoms with Crippen molar-refractivity contribution in [1.82, 2.24) is 9.80 Å². The molecule has 0 aromatic carbocycles. The van der Waals surface area contributed by atoms with Crippen molar-refractivity contribution in [3.8, 4) is 0 Å². The van der Waals surface area contributed by atoms with Crippen LogP contribution in [-0.4, -0.2) is 47.9 Å². The first kappa shape index (κ1) is 9.97. The Hall–Kier alpha value is -0.570. The number of carbonyl (C=O) groups excluding carboxylic acids is 1. The summed E-state index contributed by atoms with van der Waals surface area (Å²) in [5, 5.41) is 0. The molecule has 2 unspecified atom stereocenters. The summed E-state index contributed by atoms with van der Waals surface area (Å²) in [4.78, 5) is 16.1. The summed E-state index contributed by atoms with van der Waals surface area (Å²) in [6.45, 7) is 4.39. The normalized spacial score (nSPS) is 35.3. The van der Waals surface area contributed by atoms with Gasteiger partial charge in [0.15, 0.2) is 0 Å². The number of piperidine rings is 1.